The van der Waals surface area contributed by atoms with E-state index in [1.165, 1.54) is 6.08 Å². The van der Waals surface area contributed by atoms with Crippen molar-refractivity contribution < 1.29 is 25.2 Å². The van der Waals surface area contributed by atoms with Gasteiger partial charge in [0.2, 0.25) is 0 Å². The molecule has 0 unspecified atom stereocenters. The van der Waals surface area contributed by atoms with Crippen LogP contribution in [0.25, 0.3) is 0 Å². The Bertz CT molecular complexity index is 451. The molecule has 0 radical (unpaired) electrons. The predicted octanol–water partition coefficient (Wildman–Crippen LogP) is 3.13. The normalized spacial score (nSPS) is 16.3. The molecule has 5 heteroatoms. The summed E-state index contributed by atoms with van der Waals surface area (Å²) < 4.78 is 0. The highest BCUT2D eigenvalue weighted by Gasteiger charge is 2.12. The summed E-state index contributed by atoms with van der Waals surface area (Å²) in [7, 11) is 0. The second-order valence-corrected chi connectivity index (χ2v) is 5.95. The monoisotopic (exact) mass is 352 g/mol. The highest BCUT2D eigenvalue weighted by atomic mass is 16.4. The first-order valence-electron chi connectivity index (χ1n) is 8.91. The minimum absolute atomic E-state index is 0.0149. The Morgan fingerprint density at radius 2 is 1.44 bits per heavy atom. The molecule has 0 fully saturated rings. The number of aliphatic hydroxyl groups is 3. The first-order chi connectivity index (χ1) is 12.0. The lowest BCUT2D eigenvalue weighted by Gasteiger charge is -2.13. The Kier molecular flexibility index (Phi) is 14.7. The van der Waals surface area contributed by atoms with Crippen molar-refractivity contribution in [3.05, 3.63) is 48.6 Å². The van der Waals surface area contributed by atoms with Crippen molar-refractivity contribution in [2.75, 3.05) is 0 Å². The molecule has 0 aliphatic rings. The molecule has 0 bridgehead atoms. The molecular formula is C20H32O5. The summed E-state index contributed by atoms with van der Waals surface area (Å²) in [5.74, 6) is -0.908. The zero-order valence-electron chi connectivity index (χ0n) is 15.0. The van der Waals surface area contributed by atoms with Gasteiger partial charge in [-0.1, -0.05) is 74.8 Å². The molecule has 0 rings (SSSR count). The average molecular weight is 352 g/mol. The van der Waals surface area contributed by atoms with Gasteiger partial charge in [-0.15, -0.1) is 0 Å². The molecule has 0 aliphatic carbocycles. The van der Waals surface area contributed by atoms with Gasteiger partial charge in [0, 0.05) is 6.42 Å². The second kappa shape index (κ2) is 15.8. The smallest absolute Gasteiger partial charge is 0.303 e. The van der Waals surface area contributed by atoms with Crippen LogP contribution in [0.4, 0.5) is 0 Å². The van der Waals surface area contributed by atoms with Gasteiger partial charge in [-0.3, -0.25) is 4.79 Å². The van der Waals surface area contributed by atoms with Crippen molar-refractivity contribution in [1.82, 2.24) is 0 Å². The van der Waals surface area contributed by atoms with Gasteiger partial charge in [-0.2, -0.15) is 0 Å². The SMILES string of the molecule is CCCCC[C@H](O)\C=C/C=C\C=C\C=C\[C@H](O)[C@@H](O)CCCC(=O)O. The Morgan fingerprint density at radius 3 is 2.04 bits per heavy atom. The van der Waals surface area contributed by atoms with Crippen molar-refractivity contribution in [2.45, 2.75) is 70.2 Å². The predicted molar refractivity (Wildman–Crippen MR) is 100 cm³/mol. The fraction of sp³-hybridized carbons (Fsp3) is 0.550. The first-order valence-corrected chi connectivity index (χ1v) is 8.91. The quantitative estimate of drug-likeness (QED) is 0.284. The van der Waals surface area contributed by atoms with Crippen LogP contribution in [0.15, 0.2) is 48.6 Å². The molecule has 0 amide bonds. The number of hydrogen-bond donors (Lipinski definition) is 4. The number of carboxylic acid groups (broad SMARTS) is 1. The fourth-order valence-electron chi connectivity index (χ4n) is 2.09. The molecule has 0 aromatic carbocycles. The molecule has 0 heterocycles. The van der Waals surface area contributed by atoms with Gasteiger partial charge < -0.3 is 20.4 Å². The number of aliphatic hydroxyl groups excluding tert-OH is 3. The van der Waals surface area contributed by atoms with Crippen molar-refractivity contribution >= 4 is 5.97 Å². The van der Waals surface area contributed by atoms with Crippen LogP contribution in [-0.2, 0) is 4.79 Å². The summed E-state index contributed by atoms with van der Waals surface area (Å²) in [6.07, 6.45) is 16.0. The largest absolute Gasteiger partial charge is 0.481 e. The van der Waals surface area contributed by atoms with Gasteiger partial charge in [0.1, 0.15) is 0 Å². The van der Waals surface area contributed by atoms with Gasteiger partial charge >= 0.3 is 5.97 Å². The third kappa shape index (κ3) is 15.6. The molecular weight excluding hydrogens is 320 g/mol. The maximum Gasteiger partial charge on any atom is 0.303 e. The number of rotatable bonds is 14. The summed E-state index contributed by atoms with van der Waals surface area (Å²) in [6.45, 7) is 2.13. The maximum absolute atomic E-state index is 10.4. The molecule has 4 N–H and O–H groups in total. The average Bonchev–Trinajstić information content (AvgIpc) is 2.56. The van der Waals surface area contributed by atoms with Crippen molar-refractivity contribution in [2.24, 2.45) is 0 Å². The summed E-state index contributed by atoms with van der Waals surface area (Å²) in [6, 6.07) is 0. The molecule has 142 valence electrons. The number of allylic oxidation sites excluding steroid dienone is 6. The van der Waals surface area contributed by atoms with Gasteiger partial charge in [0.05, 0.1) is 18.3 Å². The van der Waals surface area contributed by atoms with E-state index in [2.05, 4.69) is 6.92 Å². The fourth-order valence-corrected chi connectivity index (χ4v) is 2.09. The number of aliphatic carboxylic acids is 1. The van der Waals surface area contributed by atoms with Crippen LogP contribution in [0.1, 0.15) is 51.9 Å². The summed E-state index contributed by atoms with van der Waals surface area (Å²) >= 11 is 0. The van der Waals surface area contributed by atoms with Crippen LogP contribution in [0.2, 0.25) is 0 Å². The van der Waals surface area contributed by atoms with Crippen molar-refractivity contribution in [1.29, 1.82) is 0 Å². The van der Waals surface area contributed by atoms with Gasteiger partial charge in [-0.05, 0) is 19.3 Å². The van der Waals surface area contributed by atoms with E-state index < -0.39 is 24.3 Å². The number of carbonyl (C=O) groups is 1. The third-order valence-electron chi connectivity index (χ3n) is 3.59. The van der Waals surface area contributed by atoms with Crippen LogP contribution in [0.3, 0.4) is 0 Å². The van der Waals surface area contributed by atoms with E-state index in [0.29, 0.717) is 6.42 Å². The van der Waals surface area contributed by atoms with Gasteiger partial charge in [0.25, 0.3) is 0 Å². The minimum atomic E-state index is -1.01. The summed E-state index contributed by atoms with van der Waals surface area (Å²) in [4.78, 5) is 10.4. The maximum atomic E-state index is 10.4. The number of carboxylic acids is 1. The molecule has 0 aliphatic heterocycles. The van der Waals surface area contributed by atoms with Crippen LogP contribution in [0.5, 0.6) is 0 Å². The Labute approximate surface area is 150 Å². The van der Waals surface area contributed by atoms with E-state index >= 15 is 0 Å². The summed E-state index contributed by atoms with van der Waals surface area (Å²) in [5.41, 5.74) is 0. The lowest BCUT2D eigenvalue weighted by molar-refractivity contribution is -0.137. The standard InChI is InChI=1S/C20H32O5/c1-2-3-8-12-17(21)13-9-6-4-5-7-10-14-18(22)19(23)15-11-16-20(24)25/h4-7,9-10,13-14,17-19,21-23H,2-3,8,11-12,15-16H2,1H3,(H,24,25)/b6-4-,7-5+,13-9-,14-10+/t17-,18-,19-/m0/s1. The molecule has 5 nitrogen and oxygen atoms in total. The van der Waals surface area contributed by atoms with Crippen LogP contribution < -0.4 is 0 Å². The first kappa shape index (κ1) is 23.3. The molecule has 0 aromatic rings. The van der Waals surface area contributed by atoms with E-state index in [1.54, 1.807) is 36.5 Å². The molecule has 0 saturated carbocycles. The Morgan fingerprint density at radius 1 is 0.840 bits per heavy atom. The molecule has 25 heavy (non-hydrogen) atoms. The zero-order chi connectivity index (χ0) is 18.9. The Balaban J connectivity index is 3.97. The highest BCUT2D eigenvalue weighted by molar-refractivity contribution is 5.66. The minimum Gasteiger partial charge on any atom is -0.481 e. The number of hydrogen-bond acceptors (Lipinski definition) is 4. The van der Waals surface area contributed by atoms with Gasteiger partial charge in [-0.25, -0.2) is 0 Å². The lowest BCUT2D eigenvalue weighted by Crippen LogP contribution is -2.23. The highest BCUT2D eigenvalue weighted by Crippen LogP contribution is 2.06. The van der Waals surface area contributed by atoms with E-state index in [0.717, 1.165) is 25.7 Å². The lowest BCUT2D eigenvalue weighted by atomic mass is 10.1. The van der Waals surface area contributed by atoms with E-state index in [4.69, 9.17) is 5.11 Å². The van der Waals surface area contributed by atoms with Crippen LogP contribution >= 0.6 is 0 Å². The van der Waals surface area contributed by atoms with Crippen LogP contribution in [-0.4, -0.2) is 44.7 Å². The van der Waals surface area contributed by atoms with Crippen LogP contribution in [0, 0.1) is 0 Å². The third-order valence-corrected chi connectivity index (χ3v) is 3.59. The topological polar surface area (TPSA) is 98.0 Å². The Hall–Kier alpha value is -1.69. The summed E-state index contributed by atoms with van der Waals surface area (Å²) in [5, 5.41) is 37.6. The van der Waals surface area contributed by atoms with E-state index in [-0.39, 0.29) is 12.8 Å². The number of unbranched alkanes of at least 4 members (excludes halogenated alkanes) is 2. The molecule has 0 aromatic heterocycles. The van der Waals surface area contributed by atoms with Gasteiger partial charge in [0.15, 0.2) is 0 Å². The van der Waals surface area contributed by atoms with E-state index in [9.17, 15) is 20.1 Å². The van der Waals surface area contributed by atoms with Crippen molar-refractivity contribution in [3.63, 3.8) is 0 Å². The zero-order valence-corrected chi connectivity index (χ0v) is 15.0. The van der Waals surface area contributed by atoms with E-state index in [1.807, 2.05) is 6.08 Å². The molecule has 0 saturated heterocycles. The molecule has 0 spiro atoms. The second-order valence-electron chi connectivity index (χ2n) is 5.95. The van der Waals surface area contributed by atoms with Crippen molar-refractivity contribution in [3.8, 4) is 0 Å². The molecule has 3 atom stereocenters.